The van der Waals surface area contributed by atoms with Crippen molar-refractivity contribution in [2.45, 2.75) is 26.5 Å². The van der Waals surface area contributed by atoms with E-state index < -0.39 is 0 Å². The number of nitrogens with one attached hydrogen (secondary N) is 3. The van der Waals surface area contributed by atoms with Crippen molar-refractivity contribution in [3.05, 3.63) is 65.2 Å². The minimum absolute atomic E-state index is 0.0307. The van der Waals surface area contributed by atoms with Crippen molar-refractivity contribution in [2.75, 3.05) is 33.2 Å². The van der Waals surface area contributed by atoms with Crippen LogP contribution in [0.25, 0.3) is 0 Å². The van der Waals surface area contributed by atoms with Crippen molar-refractivity contribution in [1.29, 1.82) is 0 Å². The molecule has 0 saturated carbocycles. The number of rotatable bonds is 7. The van der Waals surface area contributed by atoms with Crippen LogP contribution in [0.3, 0.4) is 0 Å². The highest BCUT2D eigenvalue weighted by Gasteiger charge is 2.22. The molecule has 1 heterocycles. The van der Waals surface area contributed by atoms with E-state index in [9.17, 15) is 9.59 Å². The molecule has 3 rings (SSSR count). The van der Waals surface area contributed by atoms with Crippen LogP contribution in [0.2, 0.25) is 0 Å². The van der Waals surface area contributed by atoms with Crippen LogP contribution in [0.1, 0.15) is 28.4 Å². The van der Waals surface area contributed by atoms with Gasteiger partial charge in [-0.1, -0.05) is 30.3 Å². The smallest absolute Gasteiger partial charge is 0.254 e. The van der Waals surface area contributed by atoms with E-state index in [-0.39, 0.29) is 24.5 Å². The summed E-state index contributed by atoms with van der Waals surface area (Å²) in [6.45, 7) is 6.33. The zero-order valence-electron chi connectivity index (χ0n) is 18.9. The molecular formula is C24H31N5O3. The van der Waals surface area contributed by atoms with Crippen molar-refractivity contribution in [3.63, 3.8) is 0 Å². The van der Waals surface area contributed by atoms with Crippen LogP contribution < -0.4 is 20.7 Å². The number of hydrogen-bond donors (Lipinski definition) is 3. The molecule has 2 amide bonds. The van der Waals surface area contributed by atoms with E-state index in [2.05, 4.69) is 20.9 Å². The van der Waals surface area contributed by atoms with Gasteiger partial charge < -0.3 is 25.6 Å². The summed E-state index contributed by atoms with van der Waals surface area (Å²) < 4.78 is 5.99. The van der Waals surface area contributed by atoms with Gasteiger partial charge in [0.15, 0.2) is 5.96 Å². The lowest BCUT2D eigenvalue weighted by molar-refractivity contribution is -0.123. The Morgan fingerprint density at radius 1 is 1.19 bits per heavy atom. The minimum atomic E-state index is -0.125. The van der Waals surface area contributed by atoms with Gasteiger partial charge in [0.2, 0.25) is 5.91 Å². The second-order valence-electron chi connectivity index (χ2n) is 7.77. The van der Waals surface area contributed by atoms with Crippen molar-refractivity contribution in [1.82, 2.24) is 20.9 Å². The van der Waals surface area contributed by atoms with E-state index in [1.807, 2.05) is 50.2 Å². The highest BCUT2D eigenvalue weighted by atomic mass is 16.5. The van der Waals surface area contributed by atoms with Crippen molar-refractivity contribution in [3.8, 4) is 5.75 Å². The number of hydrogen-bond acceptors (Lipinski definition) is 4. The lowest BCUT2D eigenvalue weighted by Crippen LogP contribution is -2.49. The second-order valence-corrected chi connectivity index (χ2v) is 7.77. The number of carbonyl (C=O) groups is 2. The molecule has 1 aliphatic rings. The Bertz CT molecular complexity index is 958. The molecule has 1 aliphatic heterocycles. The molecule has 32 heavy (non-hydrogen) atoms. The summed E-state index contributed by atoms with van der Waals surface area (Å²) in [5, 5.41) is 9.27. The number of aryl methyl sites for hydroxylation is 1. The molecule has 0 radical (unpaired) electrons. The van der Waals surface area contributed by atoms with Gasteiger partial charge in [0.25, 0.3) is 5.91 Å². The van der Waals surface area contributed by atoms with E-state index in [4.69, 9.17) is 4.74 Å². The summed E-state index contributed by atoms with van der Waals surface area (Å²) in [5.74, 6) is 1.30. The summed E-state index contributed by atoms with van der Waals surface area (Å²) in [7, 11) is 1.72. The predicted octanol–water partition coefficient (Wildman–Crippen LogP) is 1.70. The Kier molecular flexibility index (Phi) is 8.08. The summed E-state index contributed by atoms with van der Waals surface area (Å²) in [6.07, 6.45) is -0.0307. The predicted molar refractivity (Wildman–Crippen MR) is 125 cm³/mol. The number of carbonyl (C=O) groups excluding carboxylic acids is 2. The first kappa shape index (κ1) is 23.1. The van der Waals surface area contributed by atoms with Gasteiger partial charge in [0.05, 0.1) is 13.1 Å². The first-order valence-corrected chi connectivity index (χ1v) is 10.8. The van der Waals surface area contributed by atoms with Crippen LogP contribution >= 0.6 is 0 Å². The molecule has 1 atom stereocenters. The fourth-order valence-electron chi connectivity index (χ4n) is 3.35. The number of nitrogens with zero attached hydrogens (tertiary/aromatic N) is 2. The molecule has 3 N–H and O–H groups in total. The molecule has 2 aromatic carbocycles. The Morgan fingerprint density at radius 2 is 1.94 bits per heavy atom. The van der Waals surface area contributed by atoms with Crippen LogP contribution in [0.4, 0.5) is 0 Å². The molecule has 8 heteroatoms. The van der Waals surface area contributed by atoms with Crippen LogP contribution in [0, 0.1) is 6.92 Å². The van der Waals surface area contributed by atoms with Gasteiger partial charge in [0, 0.05) is 32.2 Å². The van der Waals surface area contributed by atoms with Gasteiger partial charge in [-0.2, -0.15) is 0 Å². The van der Waals surface area contributed by atoms with E-state index >= 15 is 0 Å². The highest BCUT2D eigenvalue weighted by Crippen LogP contribution is 2.17. The third-order valence-electron chi connectivity index (χ3n) is 5.19. The summed E-state index contributed by atoms with van der Waals surface area (Å²) in [5.41, 5.74) is 2.70. The van der Waals surface area contributed by atoms with Crippen molar-refractivity contribution >= 4 is 17.8 Å². The fourth-order valence-corrected chi connectivity index (χ4v) is 3.35. The van der Waals surface area contributed by atoms with Gasteiger partial charge >= 0.3 is 0 Å². The third-order valence-corrected chi connectivity index (χ3v) is 5.19. The fraction of sp³-hybridized carbons (Fsp3) is 0.375. The Morgan fingerprint density at radius 3 is 2.62 bits per heavy atom. The Hall–Kier alpha value is -3.55. The first-order chi connectivity index (χ1) is 15.5. The molecule has 2 aromatic rings. The maximum Gasteiger partial charge on any atom is 0.254 e. The standard InChI is InChI=1S/C24H31N5O3/c1-17-6-4-5-7-21(17)32-18(2)14-27-24(25-3)28-15-19-8-10-20(11-9-19)23(31)29-13-12-26-22(30)16-29/h4-11,18H,12-16H2,1-3H3,(H,26,30)(H2,25,27,28). The first-order valence-electron chi connectivity index (χ1n) is 10.8. The number of piperazine rings is 1. The second kappa shape index (κ2) is 11.2. The van der Waals surface area contributed by atoms with Gasteiger partial charge in [-0.3, -0.25) is 14.6 Å². The normalized spacial score (nSPS) is 15.0. The zero-order chi connectivity index (χ0) is 22.9. The average Bonchev–Trinajstić information content (AvgIpc) is 2.80. The van der Waals surface area contributed by atoms with Gasteiger partial charge in [-0.25, -0.2) is 0 Å². The number of benzene rings is 2. The quantitative estimate of drug-likeness (QED) is 0.453. The van der Waals surface area contributed by atoms with Crippen LogP contribution in [0.15, 0.2) is 53.5 Å². The minimum Gasteiger partial charge on any atom is -0.489 e. The van der Waals surface area contributed by atoms with Crippen molar-refractivity contribution in [2.24, 2.45) is 4.99 Å². The van der Waals surface area contributed by atoms with E-state index in [0.717, 1.165) is 16.9 Å². The molecule has 0 spiro atoms. The highest BCUT2D eigenvalue weighted by molar-refractivity contribution is 5.97. The summed E-state index contributed by atoms with van der Waals surface area (Å²) in [6, 6.07) is 15.3. The molecule has 170 valence electrons. The third kappa shape index (κ3) is 6.47. The molecule has 1 fully saturated rings. The molecule has 1 saturated heterocycles. The summed E-state index contributed by atoms with van der Waals surface area (Å²) >= 11 is 0. The monoisotopic (exact) mass is 437 g/mol. The molecule has 8 nitrogen and oxygen atoms in total. The van der Waals surface area contributed by atoms with Crippen LogP contribution in [0.5, 0.6) is 5.75 Å². The average molecular weight is 438 g/mol. The summed E-state index contributed by atoms with van der Waals surface area (Å²) in [4.78, 5) is 29.9. The number of guanidine groups is 1. The molecule has 1 unspecified atom stereocenters. The number of ether oxygens (including phenoxy) is 1. The topological polar surface area (TPSA) is 95.1 Å². The van der Waals surface area contributed by atoms with E-state index in [0.29, 0.717) is 37.7 Å². The van der Waals surface area contributed by atoms with Crippen molar-refractivity contribution < 1.29 is 14.3 Å². The molecule has 0 bridgehead atoms. The Balaban J connectivity index is 1.46. The van der Waals surface area contributed by atoms with Gasteiger partial charge in [0.1, 0.15) is 11.9 Å². The maximum absolute atomic E-state index is 12.6. The largest absolute Gasteiger partial charge is 0.489 e. The van der Waals surface area contributed by atoms with Crippen LogP contribution in [-0.4, -0.2) is 62.0 Å². The van der Waals surface area contributed by atoms with Crippen LogP contribution in [-0.2, 0) is 11.3 Å². The Labute approximate surface area is 189 Å². The number of para-hydroxylation sites is 1. The zero-order valence-corrected chi connectivity index (χ0v) is 18.9. The molecular weight excluding hydrogens is 406 g/mol. The van der Waals surface area contributed by atoms with E-state index in [1.54, 1.807) is 24.1 Å². The lowest BCUT2D eigenvalue weighted by Gasteiger charge is -2.26. The molecule has 0 aliphatic carbocycles. The maximum atomic E-state index is 12.6. The number of amides is 2. The number of aliphatic imine (C=N–C) groups is 1. The lowest BCUT2D eigenvalue weighted by atomic mass is 10.1. The van der Waals surface area contributed by atoms with Gasteiger partial charge in [-0.15, -0.1) is 0 Å². The molecule has 0 aromatic heterocycles. The SMILES string of the molecule is CN=C(NCc1ccc(C(=O)N2CCNC(=O)C2)cc1)NCC(C)Oc1ccccc1C. The van der Waals surface area contributed by atoms with Gasteiger partial charge in [-0.05, 0) is 43.2 Å². The van der Waals surface area contributed by atoms with E-state index in [1.165, 1.54) is 0 Å².